The van der Waals surface area contributed by atoms with Gasteiger partial charge in [-0.2, -0.15) is 0 Å². The van der Waals surface area contributed by atoms with Gasteiger partial charge in [0.05, 0.1) is 6.04 Å². The topological polar surface area (TPSA) is 32.3 Å². The normalized spacial score (nSPS) is 23.6. The van der Waals surface area contributed by atoms with Crippen LogP contribution in [-0.2, 0) is 4.79 Å². The molecule has 1 aliphatic heterocycles. The van der Waals surface area contributed by atoms with E-state index in [1.165, 1.54) is 12.1 Å². The second kappa shape index (κ2) is 7.03. The smallest absolute Gasteiger partial charge is 0.241 e. The van der Waals surface area contributed by atoms with E-state index in [2.05, 4.69) is 26.1 Å². The average Bonchev–Trinajstić information content (AvgIpc) is 2.81. The zero-order valence-corrected chi connectivity index (χ0v) is 13.1. The fourth-order valence-corrected chi connectivity index (χ4v) is 2.80. The van der Waals surface area contributed by atoms with E-state index < -0.39 is 0 Å². The second-order valence-electron chi connectivity index (χ2n) is 5.87. The summed E-state index contributed by atoms with van der Waals surface area (Å²) >= 11 is 0. The van der Waals surface area contributed by atoms with Crippen molar-refractivity contribution in [3.05, 3.63) is 35.6 Å². The fourth-order valence-electron chi connectivity index (χ4n) is 2.80. The van der Waals surface area contributed by atoms with Gasteiger partial charge in [-0.25, -0.2) is 4.39 Å². The molecule has 1 N–H and O–H groups in total. The van der Waals surface area contributed by atoms with Gasteiger partial charge >= 0.3 is 0 Å². The molecular formula is C17H25FN2O. The molecule has 1 heterocycles. The second-order valence-corrected chi connectivity index (χ2v) is 5.87. The molecule has 0 aliphatic carbocycles. The van der Waals surface area contributed by atoms with Crippen LogP contribution in [0.3, 0.4) is 0 Å². The molecule has 0 spiro atoms. The molecule has 0 aromatic heterocycles. The number of rotatable bonds is 6. The molecule has 1 aromatic carbocycles. The van der Waals surface area contributed by atoms with Crippen molar-refractivity contribution < 1.29 is 9.18 Å². The van der Waals surface area contributed by atoms with Crippen molar-refractivity contribution in [3.8, 4) is 0 Å². The quantitative estimate of drug-likeness (QED) is 0.870. The summed E-state index contributed by atoms with van der Waals surface area (Å²) in [4.78, 5) is 14.5. The van der Waals surface area contributed by atoms with Crippen LogP contribution in [0.25, 0.3) is 0 Å². The van der Waals surface area contributed by atoms with Gasteiger partial charge in [-0.15, -0.1) is 0 Å². The van der Waals surface area contributed by atoms with Crippen LogP contribution in [0.5, 0.6) is 0 Å². The van der Waals surface area contributed by atoms with Crippen molar-refractivity contribution in [1.82, 2.24) is 10.2 Å². The summed E-state index contributed by atoms with van der Waals surface area (Å²) in [5, 5.41) is 3.40. The highest BCUT2D eigenvalue weighted by Crippen LogP contribution is 2.29. The Balaban J connectivity index is 2.26. The Bertz CT molecular complexity index is 491. The first kappa shape index (κ1) is 16.0. The van der Waals surface area contributed by atoms with Crippen LogP contribution in [0.4, 0.5) is 4.39 Å². The summed E-state index contributed by atoms with van der Waals surface area (Å²) < 4.78 is 13.5. The number of benzene rings is 1. The Labute approximate surface area is 126 Å². The highest BCUT2D eigenvalue weighted by Gasteiger charge is 2.41. The van der Waals surface area contributed by atoms with Crippen molar-refractivity contribution in [2.45, 2.75) is 52.2 Å². The highest BCUT2D eigenvalue weighted by atomic mass is 19.1. The number of hydrogen-bond acceptors (Lipinski definition) is 2. The Hall–Kier alpha value is -1.42. The lowest BCUT2D eigenvalue weighted by Gasteiger charge is -2.24. The lowest BCUT2D eigenvalue weighted by Crippen LogP contribution is -2.35. The maximum atomic E-state index is 13.5. The standard InChI is InChI=1S/C17H25FN2O/c1-4-6-10-20-16(13-8-7-9-14(18)11-13)19-15(17(20)21)12(3)5-2/h7-9,11-12,15-16,19H,4-6,10H2,1-3H3. The van der Waals surface area contributed by atoms with Crippen LogP contribution >= 0.6 is 0 Å². The molecule has 21 heavy (non-hydrogen) atoms. The first-order valence-electron chi connectivity index (χ1n) is 7.90. The predicted octanol–water partition coefficient (Wildman–Crippen LogP) is 3.47. The molecule has 0 saturated carbocycles. The van der Waals surface area contributed by atoms with E-state index in [9.17, 15) is 9.18 Å². The molecule has 116 valence electrons. The minimum Gasteiger partial charge on any atom is -0.322 e. The molecule has 3 nitrogen and oxygen atoms in total. The Kier molecular flexibility index (Phi) is 5.34. The van der Waals surface area contributed by atoms with E-state index in [0.717, 1.165) is 31.4 Å². The van der Waals surface area contributed by atoms with Gasteiger partial charge in [-0.1, -0.05) is 45.7 Å². The summed E-state index contributed by atoms with van der Waals surface area (Å²) in [6.07, 6.45) is 2.74. The van der Waals surface area contributed by atoms with E-state index in [4.69, 9.17) is 0 Å². The number of carbonyl (C=O) groups is 1. The van der Waals surface area contributed by atoms with Gasteiger partial charge in [0.25, 0.3) is 0 Å². The molecule has 0 radical (unpaired) electrons. The van der Waals surface area contributed by atoms with Gasteiger partial charge in [0.1, 0.15) is 12.0 Å². The third-order valence-electron chi connectivity index (χ3n) is 4.33. The molecule has 1 fully saturated rings. The summed E-state index contributed by atoms with van der Waals surface area (Å²) in [6.45, 7) is 7.00. The Morgan fingerprint density at radius 3 is 2.76 bits per heavy atom. The van der Waals surface area contributed by atoms with Crippen molar-refractivity contribution in [2.75, 3.05) is 6.54 Å². The largest absolute Gasteiger partial charge is 0.322 e. The third kappa shape index (κ3) is 3.43. The zero-order valence-electron chi connectivity index (χ0n) is 13.1. The van der Waals surface area contributed by atoms with Crippen molar-refractivity contribution in [1.29, 1.82) is 0 Å². The minimum atomic E-state index is -0.260. The van der Waals surface area contributed by atoms with Gasteiger partial charge in [0.2, 0.25) is 5.91 Å². The van der Waals surface area contributed by atoms with Gasteiger partial charge in [-0.05, 0) is 30.0 Å². The molecule has 1 saturated heterocycles. The molecule has 3 unspecified atom stereocenters. The van der Waals surface area contributed by atoms with E-state index in [1.807, 2.05) is 11.0 Å². The minimum absolute atomic E-state index is 0.145. The third-order valence-corrected chi connectivity index (χ3v) is 4.33. The summed E-state index contributed by atoms with van der Waals surface area (Å²) in [6, 6.07) is 6.36. The van der Waals surface area contributed by atoms with E-state index in [1.54, 1.807) is 6.07 Å². The average molecular weight is 292 g/mol. The van der Waals surface area contributed by atoms with Crippen molar-refractivity contribution in [3.63, 3.8) is 0 Å². The maximum Gasteiger partial charge on any atom is 0.241 e. The predicted molar refractivity (Wildman–Crippen MR) is 82.1 cm³/mol. The molecule has 0 bridgehead atoms. The summed E-state index contributed by atoms with van der Waals surface area (Å²) in [5.41, 5.74) is 0.824. The number of carbonyl (C=O) groups excluding carboxylic acids is 1. The van der Waals surface area contributed by atoms with Crippen molar-refractivity contribution in [2.24, 2.45) is 5.92 Å². The van der Waals surface area contributed by atoms with Crippen molar-refractivity contribution >= 4 is 5.91 Å². The van der Waals surface area contributed by atoms with Crippen LogP contribution < -0.4 is 5.32 Å². The van der Waals surface area contributed by atoms with Crippen LogP contribution in [0.15, 0.2) is 24.3 Å². The number of nitrogens with zero attached hydrogens (tertiary/aromatic N) is 1. The van der Waals surface area contributed by atoms with Crippen LogP contribution in [0.1, 0.15) is 51.8 Å². The van der Waals surface area contributed by atoms with Crippen LogP contribution in [0.2, 0.25) is 0 Å². The molecule has 1 aliphatic rings. The lowest BCUT2D eigenvalue weighted by atomic mass is 9.99. The SMILES string of the molecule is CCCCN1C(=O)C(C(C)CC)NC1c1cccc(F)c1. The van der Waals surface area contributed by atoms with Gasteiger partial charge in [-0.3, -0.25) is 10.1 Å². The zero-order chi connectivity index (χ0) is 15.4. The summed E-state index contributed by atoms with van der Waals surface area (Å²) in [5.74, 6) is 0.163. The van der Waals surface area contributed by atoms with Crippen LogP contribution in [-0.4, -0.2) is 23.4 Å². The first-order valence-corrected chi connectivity index (χ1v) is 7.90. The monoisotopic (exact) mass is 292 g/mol. The molecule has 1 amide bonds. The maximum absolute atomic E-state index is 13.5. The molecular weight excluding hydrogens is 267 g/mol. The van der Waals surface area contributed by atoms with Gasteiger partial charge < -0.3 is 4.90 Å². The molecule has 1 aromatic rings. The molecule has 2 rings (SSSR count). The molecule has 3 atom stereocenters. The fraction of sp³-hybridized carbons (Fsp3) is 0.588. The number of halogens is 1. The molecule has 4 heteroatoms. The van der Waals surface area contributed by atoms with E-state index in [-0.39, 0.29) is 29.8 Å². The number of unbranched alkanes of at least 4 members (excludes halogenated alkanes) is 1. The van der Waals surface area contributed by atoms with E-state index >= 15 is 0 Å². The first-order chi connectivity index (χ1) is 10.1. The van der Waals surface area contributed by atoms with E-state index in [0.29, 0.717) is 0 Å². The van der Waals surface area contributed by atoms with Gasteiger partial charge in [0.15, 0.2) is 0 Å². The Morgan fingerprint density at radius 2 is 2.14 bits per heavy atom. The summed E-state index contributed by atoms with van der Waals surface area (Å²) in [7, 11) is 0. The number of nitrogens with one attached hydrogen (secondary N) is 1. The van der Waals surface area contributed by atoms with Crippen LogP contribution in [0, 0.1) is 11.7 Å². The lowest BCUT2D eigenvalue weighted by molar-refractivity contribution is -0.131. The van der Waals surface area contributed by atoms with Gasteiger partial charge in [0, 0.05) is 6.54 Å². The number of hydrogen-bond donors (Lipinski definition) is 1. The highest BCUT2D eigenvalue weighted by molar-refractivity contribution is 5.84. The Morgan fingerprint density at radius 1 is 1.38 bits per heavy atom. The number of amides is 1.